The number of nitrogens with one attached hydrogen (secondary N) is 4. The van der Waals surface area contributed by atoms with Gasteiger partial charge >= 0.3 is 0 Å². The summed E-state index contributed by atoms with van der Waals surface area (Å²) >= 11 is 0. The zero-order valence-electron chi connectivity index (χ0n) is 13.7. The highest BCUT2D eigenvalue weighted by atomic mass is 14.9. The molecule has 4 nitrogen and oxygen atoms in total. The fourth-order valence-corrected chi connectivity index (χ4v) is 2.07. The molecule has 0 fully saturated rings. The van der Waals surface area contributed by atoms with Crippen LogP contribution in [0.1, 0.15) is 11.1 Å². The normalized spacial score (nSPS) is 10.4. The Morgan fingerprint density at radius 1 is 0.480 bits per heavy atom. The second-order valence-corrected chi connectivity index (χ2v) is 5.03. The number of rotatable bonds is 0. The number of hydrogen-bond acceptors (Lipinski definition) is 1. The van der Waals surface area contributed by atoms with Crippen molar-refractivity contribution in [3.05, 3.63) is 109 Å². The summed E-state index contributed by atoms with van der Waals surface area (Å²) in [6.07, 6.45) is 11.2. The van der Waals surface area contributed by atoms with E-state index in [4.69, 9.17) is 0 Å². The first-order valence-electron chi connectivity index (χ1n) is 7.97. The SMILES string of the molecule is B.c1cc[nH]c1.c1cc[nH]c1.c1cc[nH]c1.c1ccc2c(c1)CNC2. The van der Waals surface area contributed by atoms with Crippen LogP contribution in [0, 0.1) is 0 Å². The molecule has 4 N–H and O–H groups in total. The smallest absolute Gasteiger partial charge is 0.0814 e. The summed E-state index contributed by atoms with van der Waals surface area (Å²) in [4.78, 5) is 8.58. The second kappa shape index (κ2) is 13.5. The van der Waals surface area contributed by atoms with E-state index in [1.165, 1.54) is 11.1 Å². The Balaban J connectivity index is 0.000000172. The minimum Gasteiger partial charge on any atom is -0.368 e. The third-order valence-electron chi connectivity index (χ3n) is 3.24. The maximum absolute atomic E-state index is 3.29. The van der Waals surface area contributed by atoms with Crippen LogP contribution in [-0.4, -0.2) is 23.4 Å². The van der Waals surface area contributed by atoms with Gasteiger partial charge in [-0.2, -0.15) is 0 Å². The van der Waals surface area contributed by atoms with Crippen molar-refractivity contribution in [2.24, 2.45) is 0 Å². The van der Waals surface area contributed by atoms with Gasteiger partial charge in [-0.05, 0) is 47.5 Å². The van der Waals surface area contributed by atoms with E-state index in [1.807, 2.05) is 73.6 Å². The molecule has 1 aromatic carbocycles. The molecule has 0 radical (unpaired) electrons. The van der Waals surface area contributed by atoms with Crippen molar-refractivity contribution >= 4 is 8.41 Å². The first-order valence-corrected chi connectivity index (χ1v) is 7.97. The fourth-order valence-electron chi connectivity index (χ4n) is 2.07. The third kappa shape index (κ3) is 9.08. The predicted octanol–water partition coefficient (Wildman–Crippen LogP) is 3.15. The third-order valence-corrected chi connectivity index (χ3v) is 3.24. The average molecular weight is 334 g/mol. The lowest BCUT2D eigenvalue weighted by Crippen LogP contribution is -1.99. The molecule has 130 valence electrons. The molecule has 4 heterocycles. The summed E-state index contributed by atoms with van der Waals surface area (Å²) in [7, 11) is 0. The topological polar surface area (TPSA) is 59.4 Å². The van der Waals surface area contributed by atoms with Gasteiger partial charge in [0.25, 0.3) is 0 Å². The zero-order chi connectivity index (χ0) is 16.7. The largest absolute Gasteiger partial charge is 0.368 e. The molecule has 0 saturated carbocycles. The first-order chi connectivity index (χ1) is 12.0. The Labute approximate surface area is 151 Å². The molecule has 0 amide bonds. The highest BCUT2D eigenvalue weighted by Gasteiger charge is 2.06. The minimum atomic E-state index is 0. The van der Waals surface area contributed by atoms with E-state index in [2.05, 4.69) is 44.5 Å². The van der Waals surface area contributed by atoms with Gasteiger partial charge in [0.2, 0.25) is 0 Å². The molecule has 3 aromatic heterocycles. The average Bonchev–Trinajstić information content (AvgIpc) is 3.48. The van der Waals surface area contributed by atoms with Gasteiger partial charge < -0.3 is 20.3 Å². The molecule has 0 bridgehead atoms. The van der Waals surface area contributed by atoms with Gasteiger partial charge in [0, 0.05) is 50.3 Å². The highest BCUT2D eigenvalue weighted by Crippen LogP contribution is 2.12. The molecule has 25 heavy (non-hydrogen) atoms. The van der Waals surface area contributed by atoms with Crippen molar-refractivity contribution in [3.8, 4) is 0 Å². The van der Waals surface area contributed by atoms with Crippen LogP contribution < -0.4 is 5.32 Å². The molecular formula is C20H27BN4. The first kappa shape index (κ1) is 20.1. The van der Waals surface area contributed by atoms with Gasteiger partial charge in [-0.15, -0.1) is 0 Å². The molecule has 5 rings (SSSR count). The second-order valence-electron chi connectivity index (χ2n) is 5.03. The lowest BCUT2D eigenvalue weighted by atomic mass is 10.1. The van der Waals surface area contributed by atoms with Crippen LogP contribution in [0.4, 0.5) is 0 Å². The van der Waals surface area contributed by atoms with Crippen molar-refractivity contribution in [1.82, 2.24) is 20.3 Å². The Morgan fingerprint density at radius 2 is 0.800 bits per heavy atom. The van der Waals surface area contributed by atoms with E-state index in [0.717, 1.165) is 13.1 Å². The molecule has 0 spiro atoms. The molecule has 0 unspecified atom stereocenters. The van der Waals surface area contributed by atoms with Crippen molar-refractivity contribution < 1.29 is 0 Å². The summed E-state index contributed by atoms with van der Waals surface area (Å²) in [5.41, 5.74) is 2.91. The Hall–Kier alpha value is -2.92. The van der Waals surface area contributed by atoms with E-state index < -0.39 is 0 Å². The maximum Gasteiger partial charge on any atom is 0.0814 e. The van der Waals surface area contributed by atoms with E-state index in [9.17, 15) is 0 Å². The molecule has 0 aliphatic carbocycles. The molecule has 0 atom stereocenters. The number of H-pyrrole nitrogens is 3. The van der Waals surface area contributed by atoms with E-state index in [0.29, 0.717) is 0 Å². The summed E-state index contributed by atoms with van der Waals surface area (Å²) in [5, 5.41) is 3.29. The fraction of sp³-hybridized carbons (Fsp3) is 0.100. The predicted molar refractivity (Wildman–Crippen MR) is 109 cm³/mol. The lowest BCUT2D eigenvalue weighted by Gasteiger charge is -1.91. The Morgan fingerprint density at radius 3 is 1.04 bits per heavy atom. The van der Waals surface area contributed by atoms with Crippen LogP contribution in [-0.2, 0) is 13.1 Å². The Kier molecular flexibility index (Phi) is 10.9. The number of aromatic amines is 3. The van der Waals surface area contributed by atoms with Crippen molar-refractivity contribution in [2.75, 3.05) is 0 Å². The molecule has 1 aliphatic heterocycles. The van der Waals surface area contributed by atoms with Crippen molar-refractivity contribution in [2.45, 2.75) is 13.1 Å². The molecular weight excluding hydrogens is 307 g/mol. The molecule has 0 saturated heterocycles. The molecule has 5 heteroatoms. The van der Waals surface area contributed by atoms with E-state index in [-0.39, 0.29) is 8.41 Å². The Bertz CT molecular complexity index is 567. The van der Waals surface area contributed by atoms with Crippen molar-refractivity contribution in [1.29, 1.82) is 0 Å². The maximum atomic E-state index is 3.29. The standard InChI is InChI=1S/C8H9N.3C4H5N.BH3/c1-2-4-8-6-9-5-7(8)3-1;3*1-2-4-5-3-1;/h1-4,9H,5-6H2;3*1-5H;1H3. The quantitative estimate of drug-likeness (QED) is 0.367. The van der Waals surface area contributed by atoms with Crippen LogP contribution in [0.5, 0.6) is 0 Å². The highest BCUT2D eigenvalue weighted by molar-refractivity contribution is 5.75. The number of aromatic nitrogens is 3. The summed E-state index contributed by atoms with van der Waals surface area (Å²) < 4.78 is 0. The molecule has 4 aromatic rings. The van der Waals surface area contributed by atoms with Crippen LogP contribution in [0.3, 0.4) is 0 Å². The number of hydrogen-bond donors (Lipinski definition) is 4. The van der Waals surface area contributed by atoms with Crippen LogP contribution in [0.25, 0.3) is 0 Å². The summed E-state index contributed by atoms with van der Waals surface area (Å²) in [6, 6.07) is 20.2. The van der Waals surface area contributed by atoms with Crippen LogP contribution in [0.15, 0.2) is 97.8 Å². The number of fused-ring (bicyclic) bond motifs is 1. The van der Waals surface area contributed by atoms with E-state index >= 15 is 0 Å². The van der Waals surface area contributed by atoms with Gasteiger partial charge in [-0.25, -0.2) is 0 Å². The number of benzene rings is 1. The van der Waals surface area contributed by atoms with Gasteiger partial charge in [0.05, 0.1) is 8.41 Å². The monoisotopic (exact) mass is 334 g/mol. The lowest BCUT2D eigenvalue weighted by molar-refractivity contribution is 0.765. The van der Waals surface area contributed by atoms with Crippen LogP contribution >= 0.6 is 0 Å². The van der Waals surface area contributed by atoms with E-state index in [1.54, 1.807) is 0 Å². The van der Waals surface area contributed by atoms with Gasteiger partial charge in [-0.1, -0.05) is 24.3 Å². The van der Waals surface area contributed by atoms with Crippen molar-refractivity contribution in [3.63, 3.8) is 0 Å². The summed E-state index contributed by atoms with van der Waals surface area (Å²) in [6.45, 7) is 2.10. The summed E-state index contributed by atoms with van der Waals surface area (Å²) in [5.74, 6) is 0. The van der Waals surface area contributed by atoms with Gasteiger partial charge in [0.15, 0.2) is 0 Å². The minimum absolute atomic E-state index is 0. The zero-order valence-corrected chi connectivity index (χ0v) is 13.7. The van der Waals surface area contributed by atoms with Crippen LogP contribution in [0.2, 0.25) is 0 Å². The van der Waals surface area contributed by atoms with Gasteiger partial charge in [0.1, 0.15) is 0 Å². The molecule has 1 aliphatic rings. The van der Waals surface area contributed by atoms with Gasteiger partial charge in [-0.3, -0.25) is 0 Å².